The van der Waals surface area contributed by atoms with Gasteiger partial charge in [0.15, 0.2) is 11.5 Å². The fraction of sp³-hybridized carbons (Fsp3) is 0.316. The van der Waals surface area contributed by atoms with E-state index >= 15 is 0 Å². The first-order valence-corrected chi connectivity index (χ1v) is 10.4. The van der Waals surface area contributed by atoms with Gasteiger partial charge < -0.3 is 14.8 Å². The molecular formula is C19H22N2O5S. The van der Waals surface area contributed by atoms with Crippen LogP contribution in [-0.4, -0.2) is 33.9 Å². The highest BCUT2D eigenvalue weighted by Gasteiger charge is 2.19. The summed E-state index contributed by atoms with van der Waals surface area (Å²) >= 11 is 0. The highest BCUT2D eigenvalue weighted by atomic mass is 32.2. The van der Waals surface area contributed by atoms with Gasteiger partial charge >= 0.3 is 0 Å². The fourth-order valence-electron chi connectivity index (χ4n) is 2.81. The maximum Gasteiger partial charge on any atom is 0.232 e. The van der Waals surface area contributed by atoms with Crippen molar-refractivity contribution in [2.45, 2.75) is 19.9 Å². The van der Waals surface area contributed by atoms with Gasteiger partial charge in [-0.25, -0.2) is 8.42 Å². The van der Waals surface area contributed by atoms with E-state index in [4.69, 9.17) is 9.47 Å². The first kappa shape index (κ1) is 19.0. The fourth-order valence-corrected chi connectivity index (χ4v) is 3.73. The number of nitrogens with one attached hydrogen (secondary N) is 1. The zero-order chi connectivity index (χ0) is 19.4. The molecule has 1 amide bonds. The number of hydrogen-bond acceptors (Lipinski definition) is 5. The molecule has 0 aliphatic carbocycles. The number of benzene rings is 2. The number of carbonyl (C=O) groups is 1. The molecule has 0 spiro atoms. The van der Waals surface area contributed by atoms with Crippen molar-refractivity contribution >= 4 is 21.6 Å². The van der Waals surface area contributed by atoms with E-state index in [2.05, 4.69) is 5.32 Å². The molecule has 1 aliphatic rings. The van der Waals surface area contributed by atoms with Gasteiger partial charge in [0.05, 0.1) is 11.9 Å². The van der Waals surface area contributed by atoms with Crippen LogP contribution in [0.2, 0.25) is 0 Å². The minimum Gasteiger partial charge on any atom is -0.454 e. The number of nitrogens with zero attached hydrogens (tertiary/aromatic N) is 1. The van der Waals surface area contributed by atoms with Gasteiger partial charge in [-0.2, -0.15) is 0 Å². The molecule has 2 aromatic rings. The van der Waals surface area contributed by atoms with E-state index in [1.54, 1.807) is 24.3 Å². The van der Waals surface area contributed by atoms with Crippen LogP contribution >= 0.6 is 0 Å². The number of aryl methyl sites for hydroxylation is 1. The van der Waals surface area contributed by atoms with Crippen molar-refractivity contribution in [3.8, 4) is 11.5 Å². The molecule has 1 heterocycles. The molecule has 27 heavy (non-hydrogen) atoms. The van der Waals surface area contributed by atoms with Crippen LogP contribution in [0.15, 0.2) is 42.5 Å². The van der Waals surface area contributed by atoms with Gasteiger partial charge in [0.2, 0.25) is 22.7 Å². The predicted molar refractivity (Wildman–Crippen MR) is 102 cm³/mol. The highest BCUT2D eigenvalue weighted by Crippen LogP contribution is 2.32. The summed E-state index contributed by atoms with van der Waals surface area (Å²) in [6.07, 6.45) is 1.20. The lowest BCUT2D eigenvalue weighted by Crippen LogP contribution is -2.34. The number of ether oxygens (including phenoxy) is 2. The monoisotopic (exact) mass is 390 g/mol. The predicted octanol–water partition coefficient (Wildman–Crippen LogP) is 2.20. The lowest BCUT2D eigenvalue weighted by atomic mass is 10.2. The van der Waals surface area contributed by atoms with Crippen LogP contribution in [0.1, 0.15) is 17.5 Å². The van der Waals surface area contributed by atoms with Gasteiger partial charge in [-0.1, -0.05) is 18.2 Å². The Hall–Kier alpha value is -2.74. The first-order chi connectivity index (χ1) is 12.8. The topological polar surface area (TPSA) is 84.9 Å². The van der Waals surface area contributed by atoms with Crippen LogP contribution in [0.25, 0.3) is 0 Å². The van der Waals surface area contributed by atoms with Crippen molar-refractivity contribution in [1.82, 2.24) is 5.32 Å². The Labute approximate surface area is 158 Å². The molecule has 0 atom stereocenters. The third-order valence-electron chi connectivity index (χ3n) is 4.16. The summed E-state index contributed by atoms with van der Waals surface area (Å²) in [5.74, 6) is 1.12. The van der Waals surface area contributed by atoms with Gasteiger partial charge in [-0.3, -0.25) is 9.10 Å². The molecule has 0 fully saturated rings. The van der Waals surface area contributed by atoms with Gasteiger partial charge in [0, 0.05) is 19.5 Å². The lowest BCUT2D eigenvalue weighted by Gasteiger charge is -2.22. The summed E-state index contributed by atoms with van der Waals surface area (Å²) in [5.41, 5.74) is 2.39. The average Bonchev–Trinajstić information content (AvgIpc) is 3.07. The Morgan fingerprint density at radius 2 is 1.93 bits per heavy atom. The molecule has 1 aliphatic heterocycles. The first-order valence-electron chi connectivity index (χ1n) is 8.52. The summed E-state index contributed by atoms with van der Waals surface area (Å²) in [5, 5.41) is 2.80. The normalized spacial score (nSPS) is 12.7. The van der Waals surface area contributed by atoms with Crippen molar-refractivity contribution < 1.29 is 22.7 Å². The zero-order valence-corrected chi connectivity index (χ0v) is 16.1. The third kappa shape index (κ3) is 4.91. The highest BCUT2D eigenvalue weighted by molar-refractivity contribution is 7.92. The van der Waals surface area contributed by atoms with E-state index < -0.39 is 10.0 Å². The van der Waals surface area contributed by atoms with E-state index in [0.717, 1.165) is 17.4 Å². The van der Waals surface area contributed by atoms with Gasteiger partial charge in [0.25, 0.3) is 0 Å². The molecule has 8 heteroatoms. The zero-order valence-electron chi connectivity index (χ0n) is 15.3. The van der Waals surface area contributed by atoms with Gasteiger partial charge in [0.1, 0.15) is 0 Å². The second-order valence-electron chi connectivity index (χ2n) is 6.39. The minimum atomic E-state index is -3.48. The number of amides is 1. The number of hydrogen-bond donors (Lipinski definition) is 1. The Bertz CT molecular complexity index is 943. The molecule has 1 N–H and O–H groups in total. The van der Waals surface area contributed by atoms with E-state index in [9.17, 15) is 13.2 Å². The van der Waals surface area contributed by atoms with Gasteiger partial charge in [-0.05, 0) is 42.3 Å². The Balaban J connectivity index is 1.58. The summed E-state index contributed by atoms with van der Waals surface area (Å²) < 4.78 is 36.0. The number of rotatable bonds is 7. The molecule has 0 unspecified atom stereocenters. The van der Waals surface area contributed by atoms with Crippen molar-refractivity contribution in [2.75, 3.05) is 23.9 Å². The van der Waals surface area contributed by atoms with Crippen molar-refractivity contribution in [3.63, 3.8) is 0 Å². The smallest absolute Gasteiger partial charge is 0.232 e. The number of sulfonamides is 1. The van der Waals surface area contributed by atoms with E-state index in [0.29, 0.717) is 23.7 Å². The molecule has 0 radical (unpaired) electrons. The second kappa shape index (κ2) is 7.87. The Morgan fingerprint density at radius 3 is 2.67 bits per heavy atom. The van der Waals surface area contributed by atoms with Crippen LogP contribution < -0.4 is 19.1 Å². The molecule has 3 rings (SSSR count). The SMILES string of the molecule is Cc1cccc(N(CCC(=O)NCc2ccc3c(c2)OCO3)S(C)(=O)=O)c1. The standard InChI is InChI=1S/C19H22N2O5S/c1-14-4-3-5-16(10-14)21(27(2,23)24)9-8-19(22)20-12-15-6-7-17-18(11-15)26-13-25-17/h3-7,10-11H,8-9,12-13H2,1-2H3,(H,20,22). The third-order valence-corrected chi connectivity index (χ3v) is 5.35. The summed E-state index contributed by atoms with van der Waals surface area (Å²) in [7, 11) is -3.48. The van der Waals surface area contributed by atoms with Crippen LogP contribution in [0, 0.1) is 6.92 Å². The van der Waals surface area contributed by atoms with Crippen molar-refractivity contribution in [1.29, 1.82) is 0 Å². The maximum atomic E-state index is 12.2. The Kier molecular flexibility index (Phi) is 5.55. The minimum absolute atomic E-state index is 0.0611. The van der Waals surface area contributed by atoms with Crippen LogP contribution in [0.4, 0.5) is 5.69 Å². The summed E-state index contributed by atoms with van der Waals surface area (Å²) in [4.78, 5) is 12.2. The molecule has 0 bridgehead atoms. The molecule has 7 nitrogen and oxygen atoms in total. The average molecular weight is 390 g/mol. The van der Waals surface area contributed by atoms with Crippen molar-refractivity contribution in [2.24, 2.45) is 0 Å². The summed E-state index contributed by atoms with van der Waals surface area (Å²) in [6.45, 7) is 2.50. The summed E-state index contributed by atoms with van der Waals surface area (Å²) in [6, 6.07) is 12.7. The van der Waals surface area contributed by atoms with Crippen LogP contribution in [0.5, 0.6) is 11.5 Å². The molecule has 0 aromatic heterocycles. The van der Waals surface area contributed by atoms with Gasteiger partial charge in [-0.15, -0.1) is 0 Å². The van der Waals surface area contributed by atoms with E-state index in [1.807, 2.05) is 25.1 Å². The van der Waals surface area contributed by atoms with Crippen LogP contribution in [-0.2, 0) is 21.4 Å². The number of fused-ring (bicyclic) bond motifs is 1. The molecular weight excluding hydrogens is 368 g/mol. The Morgan fingerprint density at radius 1 is 1.15 bits per heavy atom. The molecule has 0 saturated heterocycles. The van der Waals surface area contributed by atoms with E-state index in [-0.39, 0.29) is 25.7 Å². The van der Waals surface area contributed by atoms with Crippen LogP contribution in [0.3, 0.4) is 0 Å². The number of anilines is 1. The molecule has 2 aromatic carbocycles. The maximum absolute atomic E-state index is 12.2. The molecule has 144 valence electrons. The van der Waals surface area contributed by atoms with Crippen molar-refractivity contribution in [3.05, 3.63) is 53.6 Å². The quantitative estimate of drug-likeness (QED) is 0.783. The largest absolute Gasteiger partial charge is 0.454 e. The van der Waals surface area contributed by atoms with E-state index in [1.165, 1.54) is 4.31 Å². The second-order valence-corrected chi connectivity index (χ2v) is 8.30. The number of carbonyl (C=O) groups excluding carboxylic acids is 1. The molecule has 0 saturated carbocycles. The lowest BCUT2D eigenvalue weighted by molar-refractivity contribution is -0.121.